The molecule has 1 aromatic carbocycles. The van der Waals surface area contributed by atoms with Crippen LogP contribution >= 0.6 is 0 Å². The molecule has 0 atom stereocenters. The van der Waals surface area contributed by atoms with Crippen molar-refractivity contribution in [1.82, 2.24) is 0 Å². The van der Waals surface area contributed by atoms with Gasteiger partial charge in [-0.25, -0.2) is 0 Å². The SMILES string of the molecule is CCOc1cc(C2CC2)ccc1C=O. The second kappa shape index (κ2) is 3.82. The van der Waals surface area contributed by atoms with Crippen molar-refractivity contribution in [3.05, 3.63) is 29.3 Å². The van der Waals surface area contributed by atoms with E-state index in [9.17, 15) is 4.79 Å². The van der Waals surface area contributed by atoms with Crippen molar-refractivity contribution in [2.24, 2.45) is 0 Å². The lowest BCUT2D eigenvalue weighted by molar-refractivity contribution is 0.112. The Morgan fingerprint density at radius 1 is 1.50 bits per heavy atom. The minimum absolute atomic E-state index is 0.606. The van der Waals surface area contributed by atoms with E-state index in [1.165, 1.54) is 18.4 Å². The third-order valence-electron chi connectivity index (χ3n) is 2.51. The van der Waals surface area contributed by atoms with Gasteiger partial charge in [-0.3, -0.25) is 4.79 Å². The lowest BCUT2D eigenvalue weighted by atomic mass is 10.1. The van der Waals surface area contributed by atoms with E-state index >= 15 is 0 Å². The number of benzene rings is 1. The maximum absolute atomic E-state index is 10.7. The summed E-state index contributed by atoms with van der Waals surface area (Å²) in [5, 5.41) is 0. The van der Waals surface area contributed by atoms with Gasteiger partial charge in [0, 0.05) is 0 Å². The summed E-state index contributed by atoms with van der Waals surface area (Å²) in [5.41, 5.74) is 1.95. The molecule has 2 rings (SSSR count). The van der Waals surface area contributed by atoms with Gasteiger partial charge in [-0.1, -0.05) is 6.07 Å². The first-order valence-corrected chi connectivity index (χ1v) is 5.07. The zero-order chi connectivity index (χ0) is 9.97. The van der Waals surface area contributed by atoms with Gasteiger partial charge in [0.2, 0.25) is 0 Å². The number of aldehydes is 1. The van der Waals surface area contributed by atoms with Crippen LogP contribution in [0.25, 0.3) is 0 Å². The highest BCUT2D eigenvalue weighted by Crippen LogP contribution is 2.41. The highest BCUT2D eigenvalue weighted by Gasteiger charge is 2.24. The zero-order valence-corrected chi connectivity index (χ0v) is 8.32. The van der Waals surface area contributed by atoms with Crippen LogP contribution < -0.4 is 4.74 Å². The van der Waals surface area contributed by atoms with E-state index < -0.39 is 0 Å². The van der Waals surface area contributed by atoms with E-state index in [0.717, 1.165) is 12.0 Å². The first kappa shape index (κ1) is 9.25. The first-order chi connectivity index (χ1) is 6.85. The lowest BCUT2D eigenvalue weighted by Gasteiger charge is -2.07. The van der Waals surface area contributed by atoms with E-state index in [2.05, 4.69) is 0 Å². The van der Waals surface area contributed by atoms with Gasteiger partial charge in [0.1, 0.15) is 5.75 Å². The van der Waals surface area contributed by atoms with Gasteiger partial charge in [-0.2, -0.15) is 0 Å². The second-order valence-electron chi connectivity index (χ2n) is 3.62. The van der Waals surface area contributed by atoms with Crippen molar-refractivity contribution in [3.63, 3.8) is 0 Å². The molecule has 0 spiro atoms. The van der Waals surface area contributed by atoms with Gasteiger partial charge in [-0.15, -0.1) is 0 Å². The van der Waals surface area contributed by atoms with Gasteiger partial charge in [-0.05, 0) is 43.4 Å². The monoisotopic (exact) mass is 190 g/mol. The summed E-state index contributed by atoms with van der Waals surface area (Å²) in [5.74, 6) is 1.43. The Kier molecular flexibility index (Phi) is 2.53. The number of hydrogen-bond acceptors (Lipinski definition) is 2. The molecule has 1 aliphatic carbocycles. The normalized spacial score (nSPS) is 15.2. The largest absolute Gasteiger partial charge is 0.493 e. The Morgan fingerprint density at radius 3 is 2.86 bits per heavy atom. The Hall–Kier alpha value is -1.31. The van der Waals surface area contributed by atoms with Gasteiger partial charge in [0.25, 0.3) is 0 Å². The molecule has 1 fully saturated rings. The Bertz CT molecular complexity index is 340. The van der Waals surface area contributed by atoms with Crippen molar-refractivity contribution in [2.45, 2.75) is 25.7 Å². The van der Waals surface area contributed by atoms with Crippen LogP contribution in [0.3, 0.4) is 0 Å². The summed E-state index contributed by atoms with van der Waals surface area (Å²) in [6.45, 7) is 2.54. The molecule has 0 unspecified atom stereocenters. The molecular weight excluding hydrogens is 176 g/mol. The molecule has 1 aliphatic rings. The number of carbonyl (C=O) groups excluding carboxylic acids is 1. The van der Waals surface area contributed by atoms with Gasteiger partial charge < -0.3 is 4.74 Å². The minimum atomic E-state index is 0.606. The van der Waals surface area contributed by atoms with Gasteiger partial charge in [0.05, 0.1) is 12.2 Å². The molecule has 14 heavy (non-hydrogen) atoms. The highest BCUT2D eigenvalue weighted by atomic mass is 16.5. The summed E-state index contributed by atoms with van der Waals surface area (Å²) in [7, 11) is 0. The number of rotatable bonds is 4. The first-order valence-electron chi connectivity index (χ1n) is 5.07. The van der Waals surface area contributed by atoms with Crippen LogP contribution in [0.4, 0.5) is 0 Å². The van der Waals surface area contributed by atoms with Crippen LogP contribution in [0, 0.1) is 0 Å². The zero-order valence-electron chi connectivity index (χ0n) is 8.32. The molecule has 0 aliphatic heterocycles. The predicted molar refractivity (Wildman–Crippen MR) is 55.0 cm³/mol. The summed E-state index contributed by atoms with van der Waals surface area (Å²) in [6.07, 6.45) is 3.39. The van der Waals surface area contributed by atoms with Crippen molar-refractivity contribution in [1.29, 1.82) is 0 Å². The van der Waals surface area contributed by atoms with Crippen molar-refractivity contribution in [2.75, 3.05) is 6.61 Å². The maximum Gasteiger partial charge on any atom is 0.153 e. The average Bonchev–Trinajstić information content (AvgIpc) is 3.01. The Labute approximate surface area is 83.9 Å². The minimum Gasteiger partial charge on any atom is -0.493 e. The molecule has 0 N–H and O–H groups in total. The Balaban J connectivity index is 2.30. The molecule has 1 aromatic rings. The van der Waals surface area contributed by atoms with Crippen molar-refractivity contribution >= 4 is 6.29 Å². The molecule has 74 valence electrons. The fourth-order valence-corrected chi connectivity index (χ4v) is 1.60. The van der Waals surface area contributed by atoms with Gasteiger partial charge in [0.15, 0.2) is 6.29 Å². The predicted octanol–water partition coefficient (Wildman–Crippen LogP) is 2.78. The molecule has 2 heteroatoms. The van der Waals surface area contributed by atoms with Crippen LogP contribution in [0.1, 0.15) is 41.6 Å². The lowest BCUT2D eigenvalue weighted by Crippen LogP contribution is -1.96. The van der Waals surface area contributed by atoms with Crippen molar-refractivity contribution in [3.8, 4) is 5.75 Å². The molecule has 0 amide bonds. The van der Waals surface area contributed by atoms with E-state index in [0.29, 0.717) is 18.1 Å². The van der Waals surface area contributed by atoms with E-state index in [1.807, 2.05) is 25.1 Å². The summed E-state index contributed by atoms with van der Waals surface area (Å²) in [6, 6.07) is 5.89. The average molecular weight is 190 g/mol. The van der Waals surface area contributed by atoms with Crippen LogP contribution in [-0.2, 0) is 0 Å². The van der Waals surface area contributed by atoms with Crippen LogP contribution in [0.5, 0.6) is 5.75 Å². The molecule has 2 nitrogen and oxygen atoms in total. The van der Waals surface area contributed by atoms with E-state index in [4.69, 9.17) is 4.74 Å². The molecule has 0 saturated heterocycles. The fourth-order valence-electron chi connectivity index (χ4n) is 1.60. The summed E-state index contributed by atoms with van der Waals surface area (Å²) in [4.78, 5) is 10.7. The molecule has 0 radical (unpaired) electrons. The van der Waals surface area contributed by atoms with E-state index in [1.54, 1.807) is 0 Å². The molecule has 0 aromatic heterocycles. The smallest absolute Gasteiger partial charge is 0.153 e. The molecular formula is C12H14O2. The van der Waals surface area contributed by atoms with E-state index in [-0.39, 0.29) is 0 Å². The summed E-state index contributed by atoms with van der Waals surface area (Å²) < 4.78 is 5.42. The highest BCUT2D eigenvalue weighted by molar-refractivity contribution is 5.79. The van der Waals surface area contributed by atoms with Crippen LogP contribution in [-0.4, -0.2) is 12.9 Å². The third kappa shape index (κ3) is 1.79. The standard InChI is InChI=1S/C12H14O2/c1-2-14-12-7-10(9-3-4-9)5-6-11(12)8-13/h5-9H,2-4H2,1H3. The molecule has 0 bridgehead atoms. The maximum atomic E-state index is 10.7. The van der Waals surface area contributed by atoms with Crippen LogP contribution in [0.15, 0.2) is 18.2 Å². The number of carbonyl (C=O) groups is 1. The topological polar surface area (TPSA) is 26.3 Å². The third-order valence-corrected chi connectivity index (χ3v) is 2.51. The van der Waals surface area contributed by atoms with Crippen LogP contribution in [0.2, 0.25) is 0 Å². The molecule has 0 heterocycles. The van der Waals surface area contributed by atoms with Gasteiger partial charge >= 0.3 is 0 Å². The van der Waals surface area contributed by atoms with Crippen molar-refractivity contribution < 1.29 is 9.53 Å². The summed E-state index contributed by atoms with van der Waals surface area (Å²) >= 11 is 0. The Morgan fingerprint density at radius 2 is 2.29 bits per heavy atom. The number of hydrogen-bond donors (Lipinski definition) is 0. The quantitative estimate of drug-likeness (QED) is 0.682. The second-order valence-corrected chi connectivity index (χ2v) is 3.62. The number of ether oxygens (including phenoxy) is 1. The molecule has 1 saturated carbocycles. The fraction of sp³-hybridized carbons (Fsp3) is 0.417.